The van der Waals surface area contributed by atoms with Gasteiger partial charge in [0.25, 0.3) is 0 Å². The van der Waals surface area contributed by atoms with Crippen molar-refractivity contribution in [3.63, 3.8) is 0 Å². The number of hydrogen-bond donors (Lipinski definition) is 0. The number of aromatic nitrogens is 1. The van der Waals surface area contributed by atoms with Gasteiger partial charge in [-0.1, -0.05) is 26.7 Å². The molecule has 1 saturated heterocycles. The Morgan fingerprint density at radius 1 is 1.30 bits per heavy atom. The highest BCUT2D eigenvalue weighted by Gasteiger charge is 2.26. The summed E-state index contributed by atoms with van der Waals surface area (Å²) in [4.78, 5) is 18.8. The monoisotopic (exact) mass is 274 g/mol. The fourth-order valence-corrected chi connectivity index (χ4v) is 2.89. The Morgan fingerprint density at radius 2 is 2.05 bits per heavy atom. The van der Waals surface area contributed by atoms with Gasteiger partial charge in [0, 0.05) is 25.4 Å². The van der Waals surface area contributed by atoms with Crippen LogP contribution in [0.1, 0.15) is 64.0 Å². The van der Waals surface area contributed by atoms with Crippen LogP contribution in [-0.2, 0) is 4.79 Å². The lowest BCUT2D eigenvalue weighted by Crippen LogP contribution is -2.34. The molecule has 3 nitrogen and oxygen atoms in total. The maximum atomic E-state index is 12.5. The number of amides is 1. The third kappa shape index (κ3) is 4.06. The molecule has 1 fully saturated rings. The van der Waals surface area contributed by atoms with Crippen LogP contribution in [0.3, 0.4) is 0 Å². The highest BCUT2D eigenvalue weighted by molar-refractivity contribution is 5.76. The third-order valence-electron chi connectivity index (χ3n) is 4.10. The minimum absolute atomic E-state index is 0.250. The molecular formula is C17H26N2O. The number of pyridine rings is 1. The summed E-state index contributed by atoms with van der Waals surface area (Å²) in [6.07, 6.45) is 9.98. The lowest BCUT2D eigenvalue weighted by molar-refractivity contribution is -0.134. The van der Waals surface area contributed by atoms with Gasteiger partial charge in [0.2, 0.25) is 5.91 Å². The second-order valence-corrected chi connectivity index (χ2v) is 6.17. The predicted octanol–water partition coefficient (Wildman–Crippen LogP) is 3.96. The quantitative estimate of drug-likeness (QED) is 0.832. The van der Waals surface area contributed by atoms with E-state index in [4.69, 9.17) is 0 Å². The largest absolute Gasteiger partial charge is 0.336 e. The van der Waals surface area contributed by atoms with Crippen LogP contribution in [0.4, 0.5) is 0 Å². The second kappa shape index (κ2) is 7.41. The molecule has 0 aromatic carbocycles. The zero-order valence-corrected chi connectivity index (χ0v) is 12.7. The molecular weight excluding hydrogens is 248 g/mol. The van der Waals surface area contributed by atoms with E-state index < -0.39 is 0 Å². The fraction of sp³-hybridized carbons (Fsp3) is 0.647. The molecule has 1 aliphatic heterocycles. The SMILES string of the molecule is CC(C)CCC(=O)N1CCCCC[C@@H]1c1ccncc1. The van der Waals surface area contributed by atoms with Crippen LogP contribution < -0.4 is 0 Å². The molecule has 1 aromatic heterocycles. The average molecular weight is 274 g/mol. The Morgan fingerprint density at radius 3 is 2.75 bits per heavy atom. The van der Waals surface area contributed by atoms with Crippen LogP contribution in [0.2, 0.25) is 0 Å². The van der Waals surface area contributed by atoms with E-state index >= 15 is 0 Å². The van der Waals surface area contributed by atoms with Crippen molar-refractivity contribution in [2.24, 2.45) is 5.92 Å². The summed E-state index contributed by atoms with van der Waals surface area (Å²) in [5.41, 5.74) is 1.24. The van der Waals surface area contributed by atoms with Gasteiger partial charge in [0.1, 0.15) is 0 Å². The van der Waals surface area contributed by atoms with Gasteiger partial charge in [-0.15, -0.1) is 0 Å². The molecule has 1 aliphatic rings. The van der Waals surface area contributed by atoms with Crippen molar-refractivity contribution in [2.75, 3.05) is 6.54 Å². The van der Waals surface area contributed by atoms with Crippen molar-refractivity contribution in [1.29, 1.82) is 0 Å². The molecule has 0 unspecified atom stereocenters. The van der Waals surface area contributed by atoms with Gasteiger partial charge in [-0.05, 0) is 42.9 Å². The van der Waals surface area contributed by atoms with Crippen molar-refractivity contribution in [1.82, 2.24) is 9.88 Å². The highest BCUT2D eigenvalue weighted by atomic mass is 16.2. The lowest BCUT2D eigenvalue weighted by atomic mass is 10.0. The van der Waals surface area contributed by atoms with Crippen LogP contribution in [0.5, 0.6) is 0 Å². The number of carbonyl (C=O) groups excluding carboxylic acids is 1. The van der Waals surface area contributed by atoms with E-state index in [1.807, 2.05) is 12.4 Å². The fourth-order valence-electron chi connectivity index (χ4n) is 2.89. The van der Waals surface area contributed by atoms with E-state index in [0.29, 0.717) is 18.2 Å². The van der Waals surface area contributed by atoms with Crippen molar-refractivity contribution < 1.29 is 4.79 Å². The van der Waals surface area contributed by atoms with Crippen LogP contribution in [-0.4, -0.2) is 22.3 Å². The molecule has 0 aliphatic carbocycles. The minimum Gasteiger partial charge on any atom is -0.336 e. The van der Waals surface area contributed by atoms with Gasteiger partial charge in [-0.2, -0.15) is 0 Å². The highest BCUT2D eigenvalue weighted by Crippen LogP contribution is 2.30. The molecule has 110 valence electrons. The minimum atomic E-state index is 0.250. The first-order valence-electron chi connectivity index (χ1n) is 7.88. The number of rotatable bonds is 4. The van der Waals surface area contributed by atoms with Crippen molar-refractivity contribution in [2.45, 2.75) is 58.4 Å². The Balaban J connectivity index is 2.11. The second-order valence-electron chi connectivity index (χ2n) is 6.17. The molecule has 1 amide bonds. The van der Waals surface area contributed by atoms with E-state index in [1.165, 1.54) is 18.4 Å². The van der Waals surface area contributed by atoms with Gasteiger partial charge < -0.3 is 4.90 Å². The molecule has 0 bridgehead atoms. The summed E-state index contributed by atoms with van der Waals surface area (Å²) in [5, 5.41) is 0. The van der Waals surface area contributed by atoms with Crippen molar-refractivity contribution >= 4 is 5.91 Å². The van der Waals surface area contributed by atoms with E-state index in [-0.39, 0.29) is 6.04 Å². The summed E-state index contributed by atoms with van der Waals surface area (Å²) < 4.78 is 0. The third-order valence-corrected chi connectivity index (χ3v) is 4.10. The summed E-state index contributed by atoms with van der Waals surface area (Å²) in [6, 6.07) is 4.36. The van der Waals surface area contributed by atoms with Crippen LogP contribution in [0.15, 0.2) is 24.5 Å². The maximum Gasteiger partial charge on any atom is 0.223 e. The first-order chi connectivity index (χ1) is 9.68. The molecule has 1 atom stereocenters. The Labute approximate surface area is 122 Å². The smallest absolute Gasteiger partial charge is 0.223 e. The molecule has 3 heteroatoms. The van der Waals surface area contributed by atoms with E-state index in [9.17, 15) is 4.79 Å². The molecule has 0 saturated carbocycles. The lowest BCUT2D eigenvalue weighted by Gasteiger charge is -2.30. The van der Waals surface area contributed by atoms with Crippen molar-refractivity contribution in [3.8, 4) is 0 Å². The number of likely N-dealkylation sites (tertiary alicyclic amines) is 1. The van der Waals surface area contributed by atoms with Crippen LogP contribution in [0.25, 0.3) is 0 Å². The summed E-state index contributed by atoms with van der Waals surface area (Å²) >= 11 is 0. The summed E-state index contributed by atoms with van der Waals surface area (Å²) in [7, 11) is 0. The molecule has 0 spiro atoms. The average Bonchev–Trinajstić information content (AvgIpc) is 2.71. The zero-order chi connectivity index (χ0) is 14.4. The van der Waals surface area contributed by atoms with Gasteiger partial charge in [-0.25, -0.2) is 0 Å². The van der Waals surface area contributed by atoms with Gasteiger partial charge >= 0.3 is 0 Å². The molecule has 20 heavy (non-hydrogen) atoms. The van der Waals surface area contributed by atoms with Crippen LogP contribution >= 0.6 is 0 Å². The Kier molecular flexibility index (Phi) is 5.57. The number of hydrogen-bond acceptors (Lipinski definition) is 2. The standard InChI is InChI=1S/C17H26N2O/c1-14(2)7-8-17(20)19-13-5-3-4-6-16(19)15-9-11-18-12-10-15/h9-12,14,16H,3-8,13H2,1-2H3/t16-/m1/s1. The summed E-state index contributed by atoms with van der Waals surface area (Å²) in [6.45, 7) is 5.26. The maximum absolute atomic E-state index is 12.5. The number of carbonyl (C=O) groups is 1. The first kappa shape index (κ1) is 15.0. The molecule has 1 aromatic rings. The number of nitrogens with zero attached hydrogens (tertiary/aromatic N) is 2. The van der Waals surface area contributed by atoms with Gasteiger partial charge in [0.15, 0.2) is 0 Å². The molecule has 2 rings (SSSR count). The van der Waals surface area contributed by atoms with Gasteiger partial charge in [0.05, 0.1) is 6.04 Å². The Hall–Kier alpha value is -1.38. The normalized spacial score (nSPS) is 19.9. The predicted molar refractivity (Wildman–Crippen MR) is 81.2 cm³/mol. The summed E-state index contributed by atoms with van der Waals surface area (Å²) in [5.74, 6) is 0.910. The zero-order valence-electron chi connectivity index (χ0n) is 12.7. The molecule has 0 radical (unpaired) electrons. The van der Waals surface area contributed by atoms with E-state index in [2.05, 4.69) is 35.9 Å². The molecule has 0 N–H and O–H groups in total. The van der Waals surface area contributed by atoms with Crippen molar-refractivity contribution in [3.05, 3.63) is 30.1 Å². The first-order valence-corrected chi connectivity index (χ1v) is 7.88. The van der Waals surface area contributed by atoms with E-state index in [0.717, 1.165) is 25.8 Å². The Bertz CT molecular complexity index is 416. The topological polar surface area (TPSA) is 33.2 Å². The van der Waals surface area contributed by atoms with E-state index in [1.54, 1.807) is 0 Å². The van der Waals surface area contributed by atoms with Crippen LogP contribution in [0, 0.1) is 5.92 Å². The van der Waals surface area contributed by atoms with Gasteiger partial charge in [-0.3, -0.25) is 9.78 Å². The molecule has 2 heterocycles.